The van der Waals surface area contributed by atoms with Crippen LogP contribution in [0.15, 0.2) is 64.9 Å². The minimum atomic E-state index is -3.67. The van der Waals surface area contributed by atoms with Crippen molar-refractivity contribution in [2.75, 3.05) is 10.8 Å². The fourth-order valence-electron chi connectivity index (χ4n) is 3.99. The number of halogens is 1. The maximum absolute atomic E-state index is 13.6. The maximum Gasteiger partial charge on any atom is 0.266 e. The Kier molecular flexibility index (Phi) is 4.92. The van der Waals surface area contributed by atoms with E-state index in [-0.39, 0.29) is 0 Å². The van der Waals surface area contributed by atoms with Gasteiger partial charge in [-0.1, -0.05) is 41.9 Å². The molecule has 1 aliphatic heterocycles. The second-order valence-electron chi connectivity index (χ2n) is 7.54. The first-order valence-corrected chi connectivity index (χ1v) is 12.5. The lowest BCUT2D eigenvalue weighted by Crippen LogP contribution is -2.29. The fourth-order valence-corrected chi connectivity index (χ4v) is 6.83. The van der Waals surface area contributed by atoms with Gasteiger partial charge in [-0.05, 0) is 43.2 Å². The zero-order valence-electron chi connectivity index (χ0n) is 17.0. The summed E-state index contributed by atoms with van der Waals surface area (Å²) in [6.07, 6.45) is 0.726. The Bertz CT molecular complexity index is 1410. The summed E-state index contributed by atoms with van der Waals surface area (Å²) in [5, 5.41) is 3.39. The Balaban J connectivity index is 1.55. The molecule has 31 heavy (non-hydrogen) atoms. The smallest absolute Gasteiger partial charge is 0.266 e. The number of para-hydroxylation sites is 1. The number of thiazole rings is 1. The first-order chi connectivity index (χ1) is 14.9. The van der Waals surface area contributed by atoms with Gasteiger partial charge in [-0.25, -0.2) is 13.4 Å². The van der Waals surface area contributed by atoms with Crippen LogP contribution in [-0.4, -0.2) is 24.5 Å². The van der Waals surface area contributed by atoms with E-state index in [1.165, 1.54) is 15.6 Å². The van der Waals surface area contributed by atoms with Crippen LogP contribution in [0.25, 0.3) is 22.0 Å². The van der Waals surface area contributed by atoms with E-state index in [4.69, 9.17) is 16.6 Å². The number of hydrogen-bond donors (Lipinski definition) is 0. The summed E-state index contributed by atoms with van der Waals surface area (Å²) < 4.78 is 30.5. The van der Waals surface area contributed by atoms with Crippen molar-refractivity contribution in [1.29, 1.82) is 0 Å². The number of fused-ring (bicyclic) bond motifs is 1. The summed E-state index contributed by atoms with van der Waals surface area (Å²) in [5.74, 6) is 0. The van der Waals surface area contributed by atoms with Gasteiger partial charge < -0.3 is 4.57 Å². The minimum absolute atomic E-state index is 0.321. The van der Waals surface area contributed by atoms with Crippen molar-refractivity contribution in [3.63, 3.8) is 0 Å². The van der Waals surface area contributed by atoms with Crippen LogP contribution < -0.4 is 4.31 Å². The molecule has 1 aliphatic rings. The summed E-state index contributed by atoms with van der Waals surface area (Å²) in [7, 11) is -1.79. The SMILES string of the molecule is Cc1c(S(=O)(=O)N2CCc3ccccc32)cc(-c2nc(-c3cccc(Cl)c3)cs2)n1C. The molecule has 8 heteroatoms. The van der Waals surface area contributed by atoms with E-state index in [0.717, 1.165) is 39.6 Å². The van der Waals surface area contributed by atoms with Gasteiger partial charge in [-0.3, -0.25) is 4.31 Å². The molecule has 0 aliphatic carbocycles. The molecule has 0 bridgehead atoms. The van der Waals surface area contributed by atoms with E-state index in [1.54, 1.807) is 6.07 Å². The zero-order chi connectivity index (χ0) is 21.8. The lowest BCUT2D eigenvalue weighted by molar-refractivity contribution is 0.591. The first-order valence-electron chi connectivity index (χ1n) is 9.85. The van der Waals surface area contributed by atoms with Crippen LogP contribution in [0.1, 0.15) is 11.3 Å². The highest BCUT2D eigenvalue weighted by Crippen LogP contribution is 2.37. The molecule has 3 heterocycles. The predicted octanol–water partition coefficient (Wildman–Crippen LogP) is 5.53. The molecule has 158 valence electrons. The van der Waals surface area contributed by atoms with E-state index < -0.39 is 10.0 Å². The van der Waals surface area contributed by atoms with E-state index in [0.29, 0.717) is 22.2 Å². The molecule has 2 aromatic carbocycles. The molecule has 5 rings (SSSR count). The van der Waals surface area contributed by atoms with Gasteiger partial charge >= 0.3 is 0 Å². The summed E-state index contributed by atoms with van der Waals surface area (Å²) in [6.45, 7) is 2.30. The highest BCUT2D eigenvalue weighted by atomic mass is 35.5. The van der Waals surface area contributed by atoms with E-state index in [9.17, 15) is 8.42 Å². The molecule has 0 radical (unpaired) electrons. The molecule has 5 nitrogen and oxygen atoms in total. The third-order valence-electron chi connectivity index (χ3n) is 5.75. The van der Waals surface area contributed by atoms with Crippen LogP contribution in [0.2, 0.25) is 5.02 Å². The molecule has 0 unspecified atom stereocenters. The molecule has 0 spiro atoms. The summed E-state index contributed by atoms with van der Waals surface area (Å²) >= 11 is 7.60. The van der Waals surface area contributed by atoms with Gasteiger partial charge in [0.05, 0.1) is 17.1 Å². The van der Waals surface area contributed by atoms with Crippen LogP contribution in [0.3, 0.4) is 0 Å². The van der Waals surface area contributed by atoms with Crippen molar-refractivity contribution in [3.8, 4) is 22.0 Å². The Morgan fingerprint density at radius 3 is 2.71 bits per heavy atom. The Morgan fingerprint density at radius 2 is 1.90 bits per heavy atom. The lowest BCUT2D eigenvalue weighted by atomic mass is 10.2. The monoisotopic (exact) mass is 469 g/mol. The number of nitrogens with zero attached hydrogens (tertiary/aromatic N) is 3. The molecule has 0 atom stereocenters. The van der Waals surface area contributed by atoms with Crippen molar-refractivity contribution in [3.05, 3.63) is 76.3 Å². The largest absolute Gasteiger partial charge is 0.345 e. The van der Waals surface area contributed by atoms with Crippen LogP contribution >= 0.6 is 22.9 Å². The Labute approximate surface area is 190 Å². The van der Waals surface area contributed by atoms with Crippen molar-refractivity contribution in [2.24, 2.45) is 7.05 Å². The fraction of sp³-hybridized carbons (Fsp3) is 0.174. The first kappa shape index (κ1) is 20.3. The standard InChI is InChI=1S/C23H20ClN3O2S2/c1-15-22(31(28,29)27-11-10-16-6-3-4-9-20(16)27)13-21(26(15)2)23-25-19(14-30-23)17-7-5-8-18(24)12-17/h3-9,12-14H,10-11H2,1-2H3. The quantitative estimate of drug-likeness (QED) is 0.395. The minimum Gasteiger partial charge on any atom is -0.345 e. The molecular formula is C23H20ClN3O2S2. The molecule has 0 saturated heterocycles. The van der Waals surface area contributed by atoms with Crippen molar-refractivity contribution >= 4 is 38.6 Å². The number of benzene rings is 2. The van der Waals surface area contributed by atoms with Gasteiger partial charge in [0.1, 0.15) is 9.90 Å². The third kappa shape index (κ3) is 3.37. The highest BCUT2D eigenvalue weighted by Gasteiger charge is 2.33. The van der Waals surface area contributed by atoms with E-state index >= 15 is 0 Å². The summed E-state index contributed by atoms with van der Waals surface area (Å²) in [6, 6.07) is 17.0. The molecule has 0 N–H and O–H groups in total. The van der Waals surface area contributed by atoms with E-state index in [2.05, 4.69) is 0 Å². The van der Waals surface area contributed by atoms with E-state index in [1.807, 2.05) is 72.4 Å². The van der Waals surface area contributed by atoms with Crippen molar-refractivity contribution in [1.82, 2.24) is 9.55 Å². The molecular weight excluding hydrogens is 450 g/mol. The number of aromatic nitrogens is 2. The molecule has 0 amide bonds. The highest BCUT2D eigenvalue weighted by molar-refractivity contribution is 7.93. The normalized spacial score (nSPS) is 13.6. The van der Waals surface area contributed by atoms with Crippen LogP contribution in [-0.2, 0) is 23.5 Å². The Hall–Kier alpha value is -2.61. The summed E-state index contributed by atoms with van der Waals surface area (Å²) in [5.41, 5.74) is 5.05. The number of sulfonamides is 1. The van der Waals surface area contributed by atoms with Crippen LogP contribution in [0.4, 0.5) is 5.69 Å². The Morgan fingerprint density at radius 1 is 1.10 bits per heavy atom. The second-order valence-corrected chi connectivity index (χ2v) is 10.7. The van der Waals surface area contributed by atoms with Gasteiger partial charge in [0.15, 0.2) is 0 Å². The predicted molar refractivity (Wildman–Crippen MR) is 126 cm³/mol. The third-order valence-corrected chi connectivity index (χ3v) is 8.77. The van der Waals surface area contributed by atoms with Crippen molar-refractivity contribution < 1.29 is 8.42 Å². The summed E-state index contributed by atoms with van der Waals surface area (Å²) in [4.78, 5) is 5.07. The van der Waals surface area contributed by atoms with Gasteiger partial charge in [0.25, 0.3) is 10.0 Å². The van der Waals surface area contributed by atoms with Gasteiger partial charge in [-0.2, -0.15) is 0 Å². The number of anilines is 1. The topological polar surface area (TPSA) is 55.2 Å². The molecule has 0 fully saturated rings. The molecule has 0 saturated carbocycles. The lowest BCUT2D eigenvalue weighted by Gasteiger charge is -2.19. The van der Waals surface area contributed by atoms with Gasteiger partial charge in [0.2, 0.25) is 0 Å². The van der Waals surface area contributed by atoms with Gasteiger partial charge in [0, 0.05) is 35.3 Å². The number of rotatable bonds is 4. The van der Waals surface area contributed by atoms with Crippen LogP contribution in [0.5, 0.6) is 0 Å². The number of hydrogen-bond acceptors (Lipinski definition) is 4. The van der Waals surface area contributed by atoms with Gasteiger partial charge in [-0.15, -0.1) is 11.3 Å². The maximum atomic E-state index is 13.6. The molecule has 4 aromatic rings. The average Bonchev–Trinajstić information content (AvgIpc) is 3.47. The van der Waals surface area contributed by atoms with Crippen LogP contribution in [0, 0.1) is 6.92 Å². The molecule has 2 aromatic heterocycles. The van der Waals surface area contributed by atoms with Crippen molar-refractivity contribution in [2.45, 2.75) is 18.2 Å². The zero-order valence-corrected chi connectivity index (χ0v) is 19.4. The second kappa shape index (κ2) is 7.51. The average molecular weight is 470 g/mol.